The predicted molar refractivity (Wildman–Crippen MR) is 72.3 cm³/mol. The van der Waals surface area contributed by atoms with Gasteiger partial charge in [-0.05, 0) is 38.6 Å². The SMILES string of the molecule is CNCC1(C)CN(c2cccc(Cl)c2C)C(=O)O1. The summed E-state index contributed by atoms with van der Waals surface area (Å²) in [6.45, 7) is 4.96. The van der Waals surface area contributed by atoms with E-state index >= 15 is 0 Å². The number of ether oxygens (including phenoxy) is 1. The van der Waals surface area contributed by atoms with Crippen molar-refractivity contribution in [2.45, 2.75) is 19.4 Å². The lowest BCUT2D eigenvalue weighted by molar-refractivity contribution is 0.0734. The van der Waals surface area contributed by atoms with Crippen LogP contribution in [0, 0.1) is 6.92 Å². The van der Waals surface area contributed by atoms with Gasteiger partial charge < -0.3 is 10.1 Å². The van der Waals surface area contributed by atoms with E-state index in [1.54, 1.807) is 4.90 Å². The molecule has 1 aromatic rings. The Kier molecular flexibility index (Phi) is 3.50. The highest BCUT2D eigenvalue weighted by Gasteiger charge is 2.42. The molecule has 98 valence electrons. The number of rotatable bonds is 3. The first-order valence-electron chi connectivity index (χ1n) is 5.87. The molecule has 1 N–H and O–H groups in total. The Hall–Kier alpha value is -1.26. The Morgan fingerprint density at radius 1 is 1.56 bits per heavy atom. The first kappa shape index (κ1) is 13.2. The number of carbonyl (C=O) groups excluding carboxylic acids is 1. The molecule has 1 aliphatic rings. The van der Waals surface area contributed by atoms with Crippen LogP contribution < -0.4 is 10.2 Å². The molecule has 0 bridgehead atoms. The van der Waals surface area contributed by atoms with E-state index in [1.165, 1.54) is 0 Å². The predicted octanol–water partition coefficient (Wildman–Crippen LogP) is 2.58. The van der Waals surface area contributed by atoms with E-state index in [4.69, 9.17) is 16.3 Å². The molecule has 0 radical (unpaired) electrons. The summed E-state index contributed by atoms with van der Waals surface area (Å²) in [6, 6.07) is 5.54. The second kappa shape index (κ2) is 4.78. The molecule has 4 nitrogen and oxygen atoms in total. The molecule has 1 atom stereocenters. The number of likely N-dealkylation sites (N-methyl/N-ethyl adjacent to an activating group) is 1. The van der Waals surface area contributed by atoms with Crippen molar-refractivity contribution in [3.63, 3.8) is 0 Å². The molecule has 1 saturated heterocycles. The summed E-state index contributed by atoms with van der Waals surface area (Å²) < 4.78 is 5.43. The number of halogens is 1. The fourth-order valence-corrected chi connectivity index (χ4v) is 2.40. The van der Waals surface area contributed by atoms with Crippen molar-refractivity contribution in [3.05, 3.63) is 28.8 Å². The zero-order valence-corrected chi connectivity index (χ0v) is 11.5. The van der Waals surface area contributed by atoms with Crippen molar-refractivity contribution in [2.24, 2.45) is 0 Å². The summed E-state index contributed by atoms with van der Waals surface area (Å²) in [4.78, 5) is 13.6. The zero-order valence-electron chi connectivity index (χ0n) is 10.8. The monoisotopic (exact) mass is 268 g/mol. The largest absolute Gasteiger partial charge is 0.440 e. The van der Waals surface area contributed by atoms with Crippen LogP contribution in [-0.2, 0) is 4.74 Å². The number of hydrogen-bond donors (Lipinski definition) is 1. The molecule has 1 amide bonds. The minimum absolute atomic E-state index is 0.321. The number of anilines is 1. The van der Waals surface area contributed by atoms with Crippen LogP contribution in [0.15, 0.2) is 18.2 Å². The fourth-order valence-electron chi connectivity index (χ4n) is 2.24. The van der Waals surface area contributed by atoms with Gasteiger partial charge in [0.05, 0.1) is 12.2 Å². The van der Waals surface area contributed by atoms with Gasteiger partial charge in [0.1, 0.15) is 5.60 Å². The van der Waals surface area contributed by atoms with Crippen LogP contribution in [0.5, 0.6) is 0 Å². The summed E-state index contributed by atoms with van der Waals surface area (Å²) in [5.74, 6) is 0. The Labute approximate surface area is 112 Å². The van der Waals surface area contributed by atoms with Gasteiger partial charge >= 0.3 is 6.09 Å². The van der Waals surface area contributed by atoms with Gasteiger partial charge in [0.2, 0.25) is 0 Å². The van der Waals surface area contributed by atoms with Crippen LogP contribution in [0.2, 0.25) is 5.02 Å². The van der Waals surface area contributed by atoms with Crippen LogP contribution in [0.25, 0.3) is 0 Å². The number of amides is 1. The lowest BCUT2D eigenvalue weighted by Gasteiger charge is -2.21. The molecule has 0 aromatic heterocycles. The van der Waals surface area contributed by atoms with Gasteiger partial charge in [0.15, 0.2) is 0 Å². The van der Waals surface area contributed by atoms with Gasteiger partial charge in [-0.15, -0.1) is 0 Å². The maximum absolute atomic E-state index is 12.0. The van der Waals surface area contributed by atoms with Crippen molar-refractivity contribution in [3.8, 4) is 0 Å². The first-order chi connectivity index (χ1) is 8.47. The Balaban J connectivity index is 2.30. The summed E-state index contributed by atoms with van der Waals surface area (Å²) >= 11 is 6.08. The maximum atomic E-state index is 12.0. The van der Waals surface area contributed by atoms with Gasteiger partial charge in [0, 0.05) is 11.6 Å². The van der Waals surface area contributed by atoms with Crippen molar-refractivity contribution in [2.75, 3.05) is 25.0 Å². The van der Waals surface area contributed by atoms with Crippen LogP contribution in [0.3, 0.4) is 0 Å². The normalized spacial score (nSPS) is 23.3. The number of nitrogens with zero attached hydrogens (tertiary/aromatic N) is 1. The highest BCUT2D eigenvalue weighted by Crippen LogP contribution is 2.32. The molecule has 0 spiro atoms. The van der Waals surface area contributed by atoms with Crippen molar-refractivity contribution in [1.29, 1.82) is 0 Å². The summed E-state index contributed by atoms with van der Waals surface area (Å²) in [7, 11) is 1.84. The average molecular weight is 269 g/mol. The highest BCUT2D eigenvalue weighted by atomic mass is 35.5. The zero-order chi connectivity index (χ0) is 13.3. The van der Waals surface area contributed by atoms with Crippen molar-refractivity contribution >= 4 is 23.4 Å². The topological polar surface area (TPSA) is 41.6 Å². The summed E-state index contributed by atoms with van der Waals surface area (Å²) in [5.41, 5.74) is 1.21. The van der Waals surface area contributed by atoms with E-state index in [0.29, 0.717) is 18.1 Å². The minimum atomic E-state index is -0.499. The van der Waals surface area contributed by atoms with Gasteiger partial charge in [-0.25, -0.2) is 4.79 Å². The molecular formula is C13H17ClN2O2. The lowest BCUT2D eigenvalue weighted by atomic mass is 10.1. The van der Waals surface area contributed by atoms with E-state index in [2.05, 4.69) is 5.32 Å². The van der Waals surface area contributed by atoms with E-state index in [0.717, 1.165) is 11.3 Å². The number of carbonyl (C=O) groups is 1. The third kappa shape index (κ3) is 2.31. The third-order valence-electron chi connectivity index (χ3n) is 3.13. The molecule has 1 fully saturated rings. The second-order valence-electron chi connectivity index (χ2n) is 4.82. The average Bonchev–Trinajstić information content (AvgIpc) is 2.58. The van der Waals surface area contributed by atoms with Gasteiger partial charge in [-0.1, -0.05) is 17.7 Å². The second-order valence-corrected chi connectivity index (χ2v) is 5.23. The molecule has 18 heavy (non-hydrogen) atoms. The van der Waals surface area contributed by atoms with Crippen LogP contribution in [0.1, 0.15) is 12.5 Å². The Morgan fingerprint density at radius 2 is 2.28 bits per heavy atom. The summed E-state index contributed by atoms with van der Waals surface area (Å²) in [6.07, 6.45) is -0.321. The molecule has 1 unspecified atom stereocenters. The Bertz CT molecular complexity index is 478. The number of benzene rings is 1. The third-order valence-corrected chi connectivity index (χ3v) is 3.54. The molecule has 2 rings (SSSR count). The molecular weight excluding hydrogens is 252 g/mol. The van der Waals surface area contributed by atoms with Crippen molar-refractivity contribution < 1.29 is 9.53 Å². The molecule has 1 heterocycles. The van der Waals surface area contributed by atoms with Gasteiger partial charge in [0.25, 0.3) is 0 Å². The van der Waals surface area contributed by atoms with Crippen LogP contribution in [0.4, 0.5) is 10.5 Å². The smallest absolute Gasteiger partial charge is 0.415 e. The number of nitrogens with one attached hydrogen (secondary N) is 1. The van der Waals surface area contributed by atoms with Gasteiger partial charge in [-0.2, -0.15) is 0 Å². The minimum Gasteiger partial charge on any atom is -0.440 e. The van der Waals surface area contributed by atoms with E-state index < -0.39 is 5.60 Å². The molecule has 0 saturated carbocycles. The highest BCUT2D eigenvalue weighted by molar-refractivity contribution is 6.31. The van der Waals surface area contributed by atoms with Crippen molar-refractivity contribution in [1.82, 2.24) is 5.32 Å². The fraction of sp³-hybridized carbons (Fsp3) is 0.462. The van der Waals surface area contributed by atoms with Gasteiger partial charge in [-0.3, -0.25) is 4.90 Å². The first-order valence-corrected chi connectivity index (χ1v) is 6.25. The van der Waals surface area contributed by atoms with E-state index in [-0.39, 0.29) is 6.09 Å². The molecule has 1 aliphatic heterocycles. The standard InChI is InChI=1S/C13H17ClN2O2/c1-9-10(14)5-4-6-11(9)16-8-13(2,7-15-3)18-12(16)17/h4-6,15H,7-8H2,1-3H3. The van der Waals surface area contributed by atoms with Crippen LogP contribution >= 0.6 is 11.6 Å². The maximum Gasteiger partial charge on any atom is 0.415 e. The Morgan fingerprint density at radius 3 is 2.94 bits per heavy atom. The quantitative estimate of drug-likeness (QED) is 0.916. The van der Waals surface area contributed by atoms with E-state index in [9.17, 15) is 4.79 Å². The number of hydrogen-bond acceptors (Lipinski definition) is 3. The molecule has 1 aromatic carbocycles. The lowest BCUT2D eigenvalue weighted by Crippen LogP contribution is -2.40. The molecule has 5 heteroatoms. The van der Waals surface area contributed by atoms with Crippen LogP contribution in [-0.4, -0.2) is 31.8 Å². The summed E-state index contributed by atoms with van der Waals surface area (Å²) in [5, 5.41) is 3.69. The molecule has 0 aliphatic carbocycles. The number of cyclic esters (lactones) is 1. The van der Waals surface area contributed by atoms with E-state index in [1.807, 2.05) is 39.1 Å².